The van der Waals surface area contributed by atoms with Crippen LogP contribution in [0.25, 0.3) is 0 Å². The Morgan fingerprint density at radius 2 is 1.92 bits per heavy atom. The average molecular weight is 348 g/mol. The maximum absolute atomic E-state index is 12.4. The Kier molecular flexibility index (Phi) is 5.36. The lowest BCUT2D eigenvalue weighted by molar-refractivity contribution is 0.0947. The van der Waals surface area contributed by atoms with E-state index in [0.717, 1.165) is 25.2 Å². The van der Waals surface area contributed by atoms with E-state index in [1.807, 2.05) is 18.2 Å². The van der Waals surface area contributed by atoms with E-state index in [1.165, 1.54) is 37.2 Å². The summed E-state index contributed by atoms with van der Waals surface area (Å²) in [4.78, 5) is 14.8. The number of carbonyl (C=O) groups excluding carboxylic acids is 1. The van der Waals surface area contributed by atoms with Crippen LogP contribution < -0.4 is 5.32 Å². The van der Waals surface area contributed by atoms with Gasteiger partial charge in [-0.1, -0.05) is 25.0 Å². The Balaban J connectivity index is 1.62. The van der Waals surface area contributed by atoms with Gasteiger partial charge in [0.15, 0.2) is 9.84 Å². The fourth-order valence-electron chi connectivity index (χ4n) is 3.28. The van der Waals surface area contributed by atoms with Crippen molar-refractivity contribution in [3.8, 4) is 0 Å². The molecule has 0 radical (unpaired) electrons. The monoisotopic (exact) mass is 348 g/mol. The van der Waals surface area contributed by atoms with Gasteiger partial charge in [-0.3, -0.25) is 9.69 Å². The molecule has 2 aliphatic heterocycles. The van der Waals surface area contributed by atoms with Crippen LogP contribution in [0.5, 0.6) is 0 Å². The van der Waals surface area contributed by atoms with Crippen molar-refractivity contribution in [2.24, 2.45) is 0 Å². The largest absolute Gasteiger partial charge is 0.345 e. The predicted octanol–water partition coefficient (Wildman–Crippen LogP) is 2.10. The standard InChI is InChI=1S/C18H24N2O3S/c21-18(19-17-8-11-24(22,23)14-17)16-7-5-6-15(12-16)13-20-9-3-1-2-4-10-20/h5-8,11-12,17H,1-4,9-10,13-14H2,(H,19,21). The van der Waals surface area contributed by atoms with E-state index in [-0.39, 0.29) is 11.7 Å². The third-order valence-electron chi connectivity index (χ3n) is 4.54. The Bertz CT molecular complexity index is 720. The van der Waals surface area contributed by atoms with Gasteiger partial charge in [0.05, 0.1) is 11.8 Å². The molecule has 1 aromatic rings. The third kappa shape index (κ3) is 4.68. The van der Waals surface area contributed by atoms with E-state index in [9.17, 15) is 13.2 Å². The highest BCUT2D eigenvalue weighted by atomic mass is 32.2. The molecule has 130 valence electrons. The summed E-state index contributed by atoms with van der Waals surface area (Å²) in [6.07, 6.45) is 6.62. The van der Waals surface area contributed by atoms with Crippen molar-refractivity contribution >= 4 is 15.7 Å². The van der Waals surface area contributed by atoms with Gasteiger partial charge in [0, 0.05) is 17.5 Å². The van der Waals surface area contributed by atoms with E-state index < -0.39 is 15.9 Å². The second kappa shape index (κ2) is 7.49. The first-order chi connectivity index (χ1) is 11.5. The van der Waals surface area contributed by atoms with Crippen molar-refractivity contribution in [1.29, 1.82) is 0 Å². The summed E-state index contributed by atoms with van der Waals surface area (Å²) in [5.74, 6) is -0.272. The predicted molar refractivity (Wildman–Crippen MR) is 94.4 cm³/mol. The van der Waals surface area contributed by atoms with Gasteiger partial charge < -0.3 is 5.32 Å². The molecule has 1 aromatic carbocycles. The zero-order valence-electron chi connectivity index (χ0n) is 13.8. The molecule has 1 atom stereocenters. The number of nitrogens with one attached hydrogen (secondary N) is 1. The molecule has 1 fully saturated rings. The second-order valence-corrected chi connectivity index (χ2v) is 8.56. The molecule has 1 N–H and O–H groups in total. The summed E-state index contributed by atoms with van der Waals surface area (Å²) in [6.45, 7) is 3.08. The van der Waals surface area contributed by atoms with Crippen molar-refractivity contribution in [3.63, 3.8) is 0 Å². The van der Waals surface area contributed by atoms with Crippen LogP contribution in [0.2, 0.25) is 0 Å². The molecule has 1 unspecified atom stereocenters. The minimum absolute atomic E-state index is 0.0494. The maximum Gasteiger partial charge on any atom is 0.251 e. The lowest BCUT2D eigenvalue weighted by Gasteiger charge is -2.20. The number of benzene rings is 1. The topological polar surface area (TPSA) is 66.5 Å². The van der Waals surface area contributed by atoms with Crippen molar-refractivity contribution in [2.45, 2.75) is 38.3 Å². The van der Waals surface area contributed by atoms with Crippen LogP contribution in [0.15, 0.2) is 35.7 Å². The van der Waals surface area contributed by atoms with Gasteiger partial charge in [-0.05, 0) is 49.7 Å². The number of rotatable bonds is 4. The third-order valence-corrected chi connectivity index (χ3v) is 5.94. The highest BCUT2D eigenvalue weighted by Gasteiger charge is 2.23. The molecule has 0 bridgehead atoms. The van der Waals surface area contributed by atoms with E-state index in [1.54, 1.807) is 6.07 Å². The molecule has 1 saturated heterocycles. The Labute approximate surface area is 143 Å². The highest BCUT2D eigenvalue weighted by Crippen LogP contribution is 2.15. The fourth-order valence-corrected chi connectivity index (χ4v) is 4.52. The van der Waals surface area contributed by atoms with Crippen LogP contribution in [0.3, 0.4) is 0 Å². The molecule has 0 saturated carbocycles. The Hall–Kier alpha value is -1.66. The number of likely N-dealkylation sites (tertiary alicyclic amines) is 1. The molecule has 2 aliphatic rings. The van der Waals surface area contributed by atoms with Crippen LogP contribution in [0.1, 0.15) is 41.6 Å². The van der Waals surface area contributed by atoms with Crippen molar-refractivity contribution in [2.75, 3.05) is 18.8 Å². The van der Waals surface area contributed by atoms with Crippen LogP contribution in [0.4, 0.5) is 0 Å². The molecule has 2 heterocycles. The van der Waals surface area contributed by atoms with E-state index >= 15 is 0 Å². The molecule has 0 spiro atoms. The average Bonchev–Trinajstić information content (AvgIpc) is 2.75. The minimum atomic E-state index is -3.16. The highest BCUT2D eigenvalue weighted by molar-refractivity contribution is 7.94. The number of amides is 1. The molecule has 3 rings (SSSR count). The van der Waals surface area contributed by atoms with Crippen molar-refractivity contribution < 1.29 is 13.2 Å². The lowest BCUT2D eigenvalue weighted by atomic mass is 10.1. The van der Waals surface area contributed by atoms with E-state index in [0.29, 0.717) is 5.56 Å². The number of nitrogens with zero attached hydrogens (tertiary/aromatic N) is 1. The molecular formula is C18H24N2O3S. The molecule has 5 nitrogen and oxygen atoms in total. The number of carbonyl (C=O) groups is 1. The molecule has 24 heavy (non-hydrogen) atoms. The van der Waals surface area contributed by atoms with E-state index in [2.05, 4.69) is 10.2 Å². The van der Waals surface area contributed by atoms with Crippen LogP contribution in [-0.2, 0) is 16.4 Å². The van der Waals surface area contributed by atoms with Gasteiger partial charge in [0.2, 0.25) is 0 Å². The van der Waals surface area contributed by atoms with Gasteiger partial charge in [-0.25, -0.2) is 8.42 Å². The second-order valence-electron chi connectivity index (χ2n) is 6.63. The molecule has 6 heteroatoms. The Morgan fingerprint density at radius 1 is 1.17 bits per heavy atom. The molecule has 1 amide bonds. The van der Waals surface area contributed by atoms with Gasteiger partial charge in [0.1, 0.15) is 0 Å². The Morgan fingerprint density at radius 3 is 2.58 bits per heavy atom. The van der Waals surface area contributed by atoms with Gasteiger partial charge >= 0.3 is 0 Å². The normalized spacial score (nSPS) is 23.8. The van der Waals surface area contributed by atoms with Crippen LogP contribution >= 0.6 is 0 Å². The lowest BCUT2D eigenvalue weighted by Crippen LogP contribution is -2.35. The SMILES string of the molecule is O=C(NC1C=CS(=O)(=O)C1)c1cccc(CN2CCCCCC2)c1. The van der Waals surface area contributed by atoms with Crippen molar-refractivity contribution in [1.82, 2.24) is 10.2 Å². The molecule has 0 aliphatic carbocycles. The fraction of sp³-hybridized carbons (Fsp3) is 0.500. The number of hydrogen-bond acceptors (Lipinski definition) is 4. The summed E-state index contributed by atoms with van der Waals surface area (Å²) in [5.41, 5.74) is 1.71. The first-order valence-corrected chi connectivity index (χ1v) is 10.3. The minimum Gasteiger partial charge on any atom is -0.345 e. The maximum atomic E-state index is 12.4. The summed E-state index contributed by atoms with van der Waals surface area (Å²) >= 11 is 0. The van der Waals surface area contributed by atoms with Gasteiger partial charge in [-0.15, -0.1) is 0 Å². The number of sulfone groups is 1. The quantitative estimate of drug-likeness (QED) is 0.905. The van der Waals surface area contributed by atoms with Gasteiger partial charge in [-0.2, -0.15) is 0 Å². The zero-order valence-corrected chi connectivity index (χ0v) is 14.6. The first kappa shape index (κ1) is 17.2. The van der Waals surface area contributed by atoms with Crippen molar-refractivity contribution in [3.05, 3.63) is 46.9 Å². The summed E-state index contributed by atoms with van der Waals surface area (Å²) < 4.78 is 22.8. The smallest absolute Gasteiger partial charge is 0.251 e. The summed E-state index contributed by atoms with van der Waals surface area (Å²) in [5, 5.41) is 3.95. The zero-order chi connectivity index (χ0) is 17.0. The first-order valence-electron chi connectivity index (χ1n) is 8.55. The van der Waals surface area contributed by atoms with E-state index in [4.69, 9.17) is 0 Å². The summed E-state index contributed by atoms with van der Waals surface area (Å²) in [6, 6.07) is 7.18. The summed E-state index contributed by atoms with van der Waals surface area (Å²) in [7, 11) is -3.16. The van der Waals surface area contributed by atoms with Gasteiger partial charge in [0.25, 0.3) is 5.91 Å². The number of hydrogen-bond donors (Lipinski definition) is 1. The van der Waals surface area contributed by atoms with Crippen LogP contribution in [-0.4, -0.2) is 44.1 Å². The molecular weight excluding hydrogens is 324 g/mol. The molecule has 0 aromatic heterocycles. The van der Waals surface area contributed by atoms with Crippen LogP contribution in [0, 0.1) is 0 Å².